The van der Waals surface area contributed by atoms with Crippen molar-refractivity contribution in [3.8, 4) is 0 Å². The average molecular weight is 398 g/mol. The Kier molecular flexibility index (Phi) is 6.11. The van der Waals surface area contributed by atoms with E-state index in [9.17, 15) is 9.59 Å². The lowest BCUT2D eigenvalue weighted by atomic mass is 10.3. The fourth-order valence-electron chi connectivity index (χ4n) is 2.29. The van der Waals surface area contributed by atoms with E-state index in [-0.39, 0.29) is 5.91 Å². The SMILES string of the molecule is O=C(Nc1ccc(Cl)cc1)Nc1nnc(SCC(=O)N2CCCC2)s1. The second-order valence-corrected chi connectivity index (χ2v) is 7.97. The summed E-state index contributed by atoms with van der Waals surface area (Å²) in [6.45, 7) is 1.68. The first kappa shape index (κ1) is 18.0. The van der Waals surface area contributed by atoms with Crippen molar-refractivity contribution in [3.63, 3.8) is 0 Å². The highest BCUT2D eigenvalue weighted by atomic mass is 35.5. The molecule has 0 spiro atoms. The lowest BCUT2D eigenvalue weighted by Crippen LogP contribution is -2.29. The Morgan fingerprint density at radius 1 is 1.16 bits per heavy atom. The van der Waals surface area contributed by atoms with Gasteiger partial charge in [0.25, 0.3) is 0 Å². The molecular weight excluding hydrogens is 382 g/mol. The third-order valence-electron chi connectivity index (χ3n) is 3.51. The summed E-state index contributed by atoms with van der Waals surface area (Å²) >= 11 is 8.37. The molecule has 10 heteroatoms. The molecule has 1 aromatic carbocycles. The van der Waals surface area contributed by atoms with Crippen LogP contribution in [0.3, 0.4) is 0 Å². The van der Waals surface area contributed by atoms with Gasteiger partial charge >= 0.3 is 6.03 Å². The van der Waals surface area contributed by atoms with Crippen molar-refractivity contribution in [2.45, 2.75) is 17.2 Å². The van der Waals surface area contributed by atoms with Crippen LogP contribution in [0.2, 0.25) is 5.02 Å². The number of nitrogens with zero attached hydrogens (tertiary/aromatic N) is 3. The summed E-state index contributed by atoms with van der Waals surface area (Å²) in [5, 5.41) is 14.2. The molecule has 0 aliphatic carbocycles. The fraction of sp³-hybridized carbons (Fsp3) is 0.333. The smallest absolute Gasteiger partial charge is 0.325 e. The van der Waals surface area contributed by atoms with Crippen LogP contribution in [0.15, 0.2) is 28.6 Å². The number of rotatable bonds is 5. The van der Waals surface area contributed by atoms with Crippen LogP contribution in [-0.2, 0) is 4.79 Å². The average Bonchev–Trinajstić information content (AvgIpc) is 3.26. The van der Waals surface area contributed by atoms with E-state index >= 15 is 0 Å². The van der Waals surface area contributed by atoms with E-state index in [2.05, 4.69) is 20.8 Å². The van der Waals surface area contributed by atoms with Gasteiger partial charge in [-0.1, -0.05) is 34.7 Å². The largest absolute Gasteiger partial charge is 0.342 e. The highest BCUT2D eigenvalue weighted by Gasteiger charge is 2.18. The van der Waals surface area contributed by atoms with Crippen LogP contribution in [0, 0.1) is 0 Å². The summed E-state index contributed by atoms with van der Waals surface area (Å²) in [5.41, 5.74) is 0.622. The molecule has 0 bridgehead atoms. The van der Waals surface area contributed by atoms with Gasteiger partial charge in [-0.2, -0.15) is 0 Å². The van der Waals surface area contributed by atoms with Crippen LogP contribution in [0.1, 0.15) is 12.8 Å². The van der Waals surface area contributed by atoms with Crippen molar-refractivity contribution < 1.29 is 9.59 Å². The lowest BCUT2D eigenvalue weighted by molar-refractivity contribution is -0.127. The summed E-state index contributed by atoms with van der Waals surface area (Å²) in [6.07, 6.45) is 2.15. The summed E-state index contributed by atoms with van der Waals surface area (Å²) in [6, 6.07) is 6.37. The molecule has 1 saturated heterocycles. The van der Waals surface area contributed by atoms with Crippen LogP contribution < -0.4 is 10.6 Å². The second-order valence-electron chi connectivity index (χ2n) is 5.34. The van der Waals surface area contributed by atoms with Gasteiger partial charge in [-0.3, -0.25) is 10.1 Å². The molecule has 1 aliphatic rings. The lowest BCUT2D eigenvalue weighted by Gasteiger charge is -2.13. The maximum absolute atomic E-state index is 12.0. The Labute approximate surface area is 158 Å². The first-order valence-corrected chi connectivity index (χ1v) is 9.86. The maximum atomic E-state index is 12.0. The Morgan fingerprint density at radius 3 is 2.60 bits per heavy atom. The number of anilines is 2. The standard InChI is InChI=1S/C15H16ClN5O2S2/c16-10-3-5-11(6-4-10)17-13(23)18-14-19-20-15(25-14)24-9-12(22)21-7-1-2-8-21/h3-6H,1-2,7-9H2,(H2,17,18,19,23). The molecule has 2 aromatic rings. The minimum Gasteiger partial charge on any atom is -0.342 e. The third kappa shape index (κ3) is 5.32. The van der Waals surface area contributed by atoms with E-state index in [0.29, 0.717) is 25.9 Å². The molecule has 0 atom stereocenters. The van der Waals surface area contributed by atoms with Crippen molar-refractivity contribution in [3.05, 3.63) is 29.3 Å². The number of thioether (sulfide) groups is 1. The van der Waals surface area contributed by atoms with E-state index in [0.717, 1.165) is 25.9 Å². The zero-order valence-corrected chi connectivity index (χ0v) is 15.6. The number of urea groups is 1. The predicted octanol–water partition coefficient (Wildman–Crippen LogP) is 3.55. The minimum atomic E-state index is -0.414. The van der Waals surface area contributed by atoms with E-state index in [4.69, 9.17) is 11.6 Å². The van der Waals surface area contributed by atoms with Crippen molar-refractivity contribution in [1.29, 1.82) is 0 Å². The number of hydrogen-bond donors (Lipinski definition) is 2. The molecule has 25 heavy (non-hydrogen) atoms. The number of amides is 3. The number of likely N-dealkylation sites (tertiary alicyclic amines) is 1. The van der Waals surface area contributed by atoms with Gasteiger partial charge in [0.15, 0.2) is 4.34 Å². The van der Waals surface area contributed by atoms with E-state index in [1.807, 2.05) is 4.90 Å². The fourth-order valence-corrected chi connectivity index (χ4v) is 4.07. The van der Waals surface area contributed by atoms with E-state index < -0.39 is 6.03 Å². The number of carbonyl (C=O) groups excluding carboxylic acids is 2. The Bertz CT molecular complexity index is 747. The van der Waals surface area contributed by atoms with Gasteiger partial charge in [-0.05, 0) is 37.1 Å². The van der Waals surface area contributed by atoms with Crippen molar-refractivity contribution in [1.82, 2.24) is 15.1 Å². The highest BCUT2D eigenvalue weighted by molar-refractivity contribution is 8.01. The van der Waals surface area contributed by atoms with Crippen LogP contribution in [0.5, 0.6) is 0 Å². The molecule has 132 valence electrons. The molecule has 0 radical (unpaired) electrons. The molecule has 2 N–H and O–H groups in total. The van der Waals surface area contributed by atoms with Gasteiger partial charge in [0.1, 0.15) is 0 Å². The second kappa shape index (κ2) is 8.50. The van der Waals surface area contributed by atoms with Crippen molar-refractivity contribution in [2.75, 3.05) is 29.5 Å². The summed E-state index contributed by atoms with van der Waals surface area (Å²) in [5.74, 6) is 0.457. The quantitative estimate of drug-likeness (QED) is 0.595. The molecule has 1 aromatic heterocycles. The molecule has 0 unspecified atom stereocenters. The molecule has 1 fully saturated rings. The third-order valence-corrected chi connectivity index (χ3v) is 5.72. The van der Waals surface area contributed by atoms with Gasteiger partial charge < -0.3 is 10.2 Å². The molecule has 7 nitrogen and oxygen atoms in total. The van der Waals surface area contributed by atoms with Crippen LogP contribution >= 0.6 is 34.7 Å². The number of halogens is 1. The number of benzene rings is 1. The van der Waals surface area contributed by atoms with Gasteiger partial charge in [-0.15, -0.1) is 10.2 Å². The Balaban J connectivity index is 1.46. The molecular formula is C15H16ClN5O2S2. The van der Waals surface area contributed by atoms with Gasteiger partial charge in [0, 0.05) is 23.8 Å². The molecule has 3 amide bonds. The highest BCUT2D eigenvalue weighted by Crippen LogP contribution is 2.26. The molecule has 2 heterocycles. The topological polar surface area (TPSA) is 87.2 Å². The summed E-state index contributed by atoms with van der Waals surface area (Å²) in [4.78, 5) is 25.8. The van der Waals surface area contributed by atoms with Crippen LogP contribution in [-0.4, -0.2) is 45.9 Å². The predicted molar refractivity (Wildman–Crippen MR) is 101 cm³/mol. The first-order chi connectivity index (χ1) is 12.1. The van der Waals surface area contributed by atoms with Crippen LogP contribution in [0.25, 0.3) is 0 Å². The summed E-state index contributed by atoms with van der Waals surface area (Å²) < 4.78 is 0.648. The van der Waals surface area contributed by atoms with Crippen molar-refractivity contribution >= 4 is 57.5 Å². The van der Waals surface area contributed by atoms with Gasteiger partial charge in [0.05, 0.1) is 5.75 Å². The maximum Gasteiger partial charge on any atom is 0.325 e. The zero-order valence-electron chi connectivity index (χ0n) is 13.2. The Hall–Kier alpha value is -1.84. The van der Waals surface area contributed by atoms with E-state index in [1.165, 1.54) is 23.1 Å². The number of hydrogen-bond acceptors (Lipinski definition) is 6. The normalized spacial score (nSPS) is 13.7. The van der Waals surface area contributed by atoms with Gasteiger partial charge in [-0.25, -0.2) is 4.79 Å². The monoisotopic (exact) mass is 397 g/mol. The molecule has 3 rings (SSSR count). The number of aromatic nitrogens is 2. The number of carbonyl (C=O) groups is 2. The minimum absolute atomic E-state index is 0.118. The zero-order chi connectivity index (χ0) is 17.6. The van der Waals surface area contributed by atoms with Gasteiger partial charge in [0.2, 0.25) is 11.0 Å². The molecule has 0 saturated carbocycles. The number of nitrogens with one attached hydrogen (secondary N) is 2. The summed E-state index contributed by atoms with van der Waals surface area (Å²) in [7, 11) is 0. The van der Waals surface area contributed by atoms with E-state index in [1.54, 1.807) is 24.3 Å². The van der Waals surface area contributed by atoms with Crippen molar-refractivity contribution in [2.24, 2.45) is 0 Å². The molecule has 1 aliphatic heterocycles. The van der Waals surface area contributed by atoms with Crippen LogP contribution in [0.4, 0.5) is 15.6 Å². The first-order valence-electron chi connectivity index (χ1n) is 7.68. The Morgan fingerprint density at radius 2 is 1.88 bits per heavy atom.